The van der Waals surface area contributed by atoms with Gasteiger partial charge in [0.2, 0.25) is 0 Å². The van der Waals surface area contributed by atoms with Crippen LogP contribution in [0.2, 0.25) is 0 Å². The molecule has 8 heteroatoms. The van der Waals surface area contributed by atoms with E-state index in [9.17, 15) is 4.79 Å². The summed E-state index contributed by atoms with van der Waals surface area (Å²) in [5.41, 5.74) is 1.72. The number of fused-ring (bicyclic) bond motifs is 2. The normalized spacial score (nSPS) is 28.6. The fraction of sp³-hybridized carbons (Fsp3) is 0.526. The molecule has 5 rings (SSSR count). The molecule has 0 spiro atoms. The first-order chi connectivity index (χ1) is 13.0. The summed E-state index contributed by atoms with van der Waals surface area (Å²) in [6, 6.07) is 4.38. The van der Waals surface area contributed by atoms with E-state index in [4.69, 9.17) is 15.4 Å². The Morgan fingerprint density at radius 3 is 2.74 bits per heavy atom. The molecule has 1 aliphatic carbocycles. The summed E-state index contributed by atoms with van der Waals surface area (Å²) in [5, 5.41) is 18.2. The van der Waals surface area contributed by atoms with E-state index in [2.05, 4.69) is 32.8 Å². The van der Waals surface area contributed by atoms with Gasteiger partial charge in [0.05, 0.1) is 11.7 Å². The highest BCUT2D eigenvalue weighted by molar-refractivity contribution is 5.89. The molecular weight excluding hydrogens is 344 g/mol. The highest BCUT2D eigenvalue weighted by Gasteiger charge is 2.56. The van der Waals surface area contributed by atoms with E-state index in [0.717, 1.165) is 43.2 Å². The van der Waals surface area contributed by atoms with Crippen LogP contribution in [-0.4, -0.2) is 51.7 Å². The molecule has 2 aromatic rings. The van der Waals surface area contributed by atoms with E-state index in [1.54, 1.807) is 0 Å². The maximum Gasteiger partial charge on any atom is 0.303 e. The van der Waals surface area contributed by atoms with Gasteiger partial charge in [-0.15, -0.1) is 0 Å². The molecule has 3 aliphatic rings. The molecule has 0 bridgehead atoms. The first-order valence-electron chi connectivity index (χ1n) is 9.36. The monoisotopic (exact) mass is 364 g/mol. The second-order valence-corrected chi connectivity index (χ2v) is 7.86. The number of hydrogen-bond acceptors (Lipinski definition) is 7. The molecule has 1 unspecified atom stereocenters. The van der Waals surface area contributed by atoms with E-state index in [1.165, 1.54) is 6.20 Å². The predicted octanol–water partition coefficient (Wildman–Crippen LogP) is 1.65. The van der Waals surface area contributed by atoms with Crippen molar-refractivity contribution in [2.75, 3.05) is 29.4 Å². The zero-order valence-corrected chi connectivity index (χ0v) is 15.0. The topological polar surface area (TPSA) is 106 Å². The number of hydrogen-bond donors (Lipinski definition) is 1. The number of aliphatic carboxylic acids is 1. The SMILES string of the molecule is C[C@H]1CCN1c1nc(N2C[C@@H]3C(CC(=O)O)[C@@H]3C2)cc2nc(C#N)cnc12. The molecule has 0 radical (unpaired) electrons. The third-order valence-electron chi connectivity index (χ3n) is 6.31. The molecule has 27 heavy (non-hydrogen) atoms. The summed E-state index contributed by atoms with van der Waals surface area (Å²) in [6.45, 7) is 4.78. The highest BCUT2D eigenvalue weighted by Crippen LogP contribution is 2.54. The van der Waals surface area contributed by atoms with Gasteiger partial charge < -0.3 is 14.9 Å². The number of anilines is 2. The highest BCUT2D eigenvalue weighted by atomic mass is 16.4. The molecule has 2 saturated heterocycles. The maximum absolute atomic E-state index is 11.0. The Kier molecular flexibility index (Phi) is 3.47. The lowest BCUT2D eigenvalue weighted by molar-refractivity contribution is -0.137. The number of carbonyl (C=O) groups is 1. The Morgan fingerprint density at radius 1 is 1.37 bits per heavy atom. The van der Waals surface area contributed by atoms with Crippen molar-refractivity contribution in [3.63, 3.8) is 0 Å². The van der Waals surface area contributed by atoms with Crippen molar-refractivity contribution in [2.24, 2.45) is 17.8 Å². The van der Waals surface area contributed by atoms with E-state index in [1.807, 2.05) is 6.07 Å². The van der Waals surface area contributed by atoms with Crippen LogP contribution in [0.1, 0.15) is 25.5 Å². The van der Waals surface area contributed by atoms with Crippen LogP contribution >= 0.6 is 0 Å². The van der Waals surface area contributed by atoms with Crippen LogP contribution in [0.5, 0.6) is 0 Å². The van der Waals surface area contributed by atoms with Gasteiger partial charge in [-0.1, -0.05) is 0 Å². The minimum Gasteiger partial charge on any atom is -0.481 e. The Labute approximate surface area is 156 Å². The summed E-state index contributed by atoms with van der Waals surface area (Å²) in [4.78, 5) is 29.2. The fourth-order valence-corrected chi connectivity index (χ4v) is 4.58. The lowest BCUT2D eigenvalue weighted by Crippen LogP contribution is -2.46. The van der Waals surface area contributed by atoms with E-state index in [-0.39, 0.29) is 6.42 Å². The Bertz CT molecular complexity index is 974. The summed E-state index contributed by atoms with van der Waals surface area (Å²) >= 11 is 0. The van der Waals surface area contributed by atoms with E-state index in [0.29, 0.717) is 35.0 Å². The van der Waals surface area contributed by atoms with Crippen LogP contribution in [0.4, 0.5) is 11.6 Å². The number of nitriles is 1. The Hall–Kier alpha value is -2.95. The lowest BCUT2D eigenvalue weighted by Gasteiger charge is -2.40. The molecular formula is C19H20N6O2. The van der Waals surface area contributed by atoms with E-state index < -0.39 is 5.97 Å². The molecule has 4 atom stereocenters. The average Bonchev–Trinajstić information content (AvgIpc) is 3.07. The van der Waals surface area contributed by atoms with Gasteiger partial charge >= 0.3 is 5.97 Å². The lowest BCUT2D eigenvalue weighted by atomic mass is 10.1. The van der Waals surface area contributed by atoms with Crippen LogP contribution in [0.3, 0.4) is 0 Å². The fourth-order valence-electron chi connectivity index (χ4n) is 4.58. The van der Waals surface area contributed by atoms with Crippen molar-refractivity contribution in [1.82, 2.24) is 15.0 Å². The van der Waals surface area contributed by atoms with Crippen molar-refractivity contribution < 1.29 is 9.90 Å². The van der Waals surface area contributed by atoms with Crippen LogP contribution in [-0.2, 0) is 4.79 Å². The molecule has 1 N–H and O–H groups in total. The third kappa shape index (κ3) is 2.57. The van der Waals surface area contributed by atoms with Gasteiger partial charge in [-0.25, -0.2) is 15.0 Å². The number of rotatable bonds is 4. The number of pyridine rings is 1. The summed E-state index contributed by atoms with van der Waals surface area (Å²) < 4.78 is 0. The second kappa shape index (κ2) is 5.78. The van der Waals surface area contributed by atoms with Gasteiger partial charge in [-0.2, -0.15) is 5.26 Å². The van der Waals surface area contributed by atoms with Gasteiger partial charge in [0.25, 0.3) is 0 Å². The predicted molar refractivity (Wildman–Crippen MR) is 98.4 cm³/mol. The summed E-state index contributed by atoms with van der Waals surface area (Å²) in [5.74, 6) is 2.17. The van der Waals surface area contributed by atoms with Crippen molar-refractivity contribution in [3.8, 4) is 6.07 Å². The number of piperidine rings is 1. The maximum atomic E-state index is 11.0. The molecule has 8 nitrogen and oxygen atoms in total. The van der Waals surface area contributed by atoms with Crippen LogP contribution in [0.15, 0.2) is 12.3 Å². The Morgan fingerprint density at radius 2 is 2.15 bits per heavy atom. The second-order valence-electron chi connectivity index (χ2n) is 7.86. The van der Waals surface area contributed by atoms with Crippen molar-refractivity contribution >= 4 is 28.6 Å². The minimum absolute atomic E-state index is 0.266. The molecule has 2 aromatic heterocycles. The van der Waals surface area contributed by atoms with Gasteiger partial charge in [-0.05, 0) is 31.1 Å². The third-order valence-corrected chi connectivity index (χ3v) is 6.31. The van der Waals surface area contributed by atoms with Crippen LogP contribution < -0.4 is 9.80 Å². The van der Waals surface area contributed by atoms with Crippen molar-refractivity contribution in [2.45, 2.75) is 25.8 Å². The first kappa shape index (κ1) is 16.2. The summed E-state index contributed by atoms with van der Waals surface area (Å²) in [7, 11) is 0. The molecule has 0 amide bonds. The number of carboxylic acid groups (broad SMARTS) is 1. The molecule has 4 heterocycles. The van der Waals surface area contributed by atoms with Gasteiger partial charge in [0.1, 0.15) is 17.4 Å². The number of nitrogens with zero attached hydrogens (tertiary/aromatic N) is 6. The van der Waals surface area contributed by atoms with Crippen LogP contribution in [0, 0.1) is 29.1 Å². The van der Waals surface area contributed by atoms with Gasteiger partial charge in [0.15, 0.2) is 11.5 Å². The molecule has 0 aromatic carbocycles. The molecule has 138 valence electrons. The largest absolute Gasteiger partial charge is 0.481 e. The molecule has 2 aliphatic heterocycles. The smallest absolute Gasteiger partial charge is 0.303 e. The zero-order valence-electron chi connectivity index (χ0n) is 15.0. The van der Waals surface area contributed by atoms with Gasteiger partial charge in [0, 0.05) is 38.2 Å². The first-order valence-corrected chi connectivity index (χ1v) is 9.36. The number of aromatic nitrogens is 3. The Balaban J connectivity index is 1.48. The van der Waals surface area contributed by atoms with Gasteiger partial charge in [-0.3, -0.25) is 4.79 Å². The minimum atomic E-state index is -0.710. The van der Waals surface area contributed by atoms with Crippen LogP contribution in [0.25, 0.3) is 11.0 Å². The zero-order chi connectivity index (χ0) is 18.7. The number of carboxylic acids is 1. The average molecular weight is 364 g/mol. The standard InChI is InChI=1S/C19H20N6O2/c1-10-2-3-25(10)19-18-15(22-11(6-20)7-21-18)5-16(23-19)24-8-13-12(4-17(26)27)14(13)9-24/h5,7,10,12-14H,2-4,8-9H2,1H3,(H,26,27)/t10-,12?,13-,14+/m0/s1. The molecule has 3 fully saturated rings. The quantitative estimate of drug-likeness (QED) is 0.873. The summed E-state index contributed by atoms with van der Waals surface area (Å²) in [6.07, 6.45) is 2.89. The molecule has 1 saturated carbocycles. The van der Waals surface area contributed by atoms with Crippen molar-refractivity contribution in [1.29, 1.82) is 5.26 Å². The van der Waals surface area contributed by atoms with Crippen molar-refractivity contribution in [3.05, 3.63) is 18.0 Å². The van der Waals surface area contributed by atoms with E-state index >= 15 is 0 Å².